The molecule has 4 aromatic carbocycles. The third-order valence-electron chi connectivity index (χ3n) is 5.55. The maximum absolute atomic E-state index is 13.4. The molecule has 0 fully saturated rings. The number of para-hydroxylation sites is 1. The lowest BCUT2D eigenvalue weighted by atomic mass is 10.1. The summed E-state index contributed by atoms with van der Waals surface area (Å²) < 4.78 is 11.2. The fourth-order valence-electron chi connectivity index (χ4n) is 3.80. The lowest BCUT2D eigenvalue weighted by molar-refractivity contribution is -0.115. The number of nitrogens with one attached hydrogen (secondary N) is 3. The second kappa shape index (κ2) is 11.5. The standard InChI is InChI=1S/C29H25N3O4S/c33-28(30-23-13-16-25-26(19-23)36-18-17-35-25)27(20-7-3-1-4-8-20)37-24-14-11-22(12-15-24)32-29(34)31-21-9-5-2-6-10-21/h1-16,19,27H,17-18H2,(H,30,33)(H2,31,32,34). The van der Waals surface area contributed by atoms with Gasteiger partial charge in [0.25, 0.3) is 0 Å². The van der Waals surface area contributed by atoms with Crippen LogP contribution in [0.15, 0.2) is 108 Å². The summed E-state index contributed by atoms with van der Waals surface area (Å²) in [5, 5.41) is 8.13. The van der Waals surface area contributed by atoms with Crippen LogP contribution in [0.3, 0.4) is 0 Å². The third-order valence-corrected chi connectivity index (χ3v) is 6.81. The number of hydrogen-bond acceptors (Lipinski definition) is 5. The molecule has 0 aliphatic carbocycles. The lowest BCUT2D eigenvalue weighted by Crippen LogP contribution is -2.20. The fourth-order valence-corrected chi connectivity index (χ4v) is 4.82. The third kappa shape index (κ3) is 6.42. The molecule has 8 heteroatoms. The van der Waals surface area contributed by atoms with Crippen LogP contribution in [0.25, 0.3) is 0 Å². The van der Waals surface area contributed by atoms with Crippen LogP contribution >= 0.6 is 11.8 Å². The summed E-state index contributed by atoms with van der Waals surface area (Å²) in [6.07, 6.45) is 0. The number of fused-ring (bicyclic) bond motifs is 1. The van der Waals surface area contributed by atoms with Gasteiger partial charge in [-0.15, -0.1) is 11.8 Å². The van der Waals surface area contributed by atoms with E-state index in [9.17, 15) is 9.59 Å². The number of urea groups is 1. The molecule has 1 aliphatic heterocycles. The molecular weight excluding hydrogens is 486 g/mol. The van der Waals surface area contributed by atoms with E-state index in [-0.39, 0.29) is 11.9 Å². The minimum atomic E-state index is -0.491. The van der Waals surface area contributed by atoms with Crippen LogP contribution in [0.2, 0.25) is 0 Å². The number of ether oxygens (including phenoxy) is 2. The van der Waals surface area contributed by atoms with Crippen LogP contribution in [-0.2, 0) is 4.79 Å². The molecule has 0 bridgehead atoms. The van der Waals surface area contributed by atoms with Crippen molar-refractivity contribution in [3.05, 3.63) is 109 Å². The molecule has 0 saturated carbocycles. The van der Waals surface area contributed by atoms with E-state index < -0.39 is 5.25 Å². The molecule has 1 unspecified atom stereocenters. The van der Waals surface area contributed by atoms with E-state index in [0.29, 0.717) is 41.8 Å². The molecule has 186 valence electrons. The highest BCUT2D eigenvalue weighted by molar-refractivity contribution is 8.00. The number of carbonyl (C=O) groups excluding carboxylic acids is 2. The molecule has 0 radical (unpaired) electrons. The number of carbonyl (C=O) groups is 2. The van der Waals surface area contributed by atoms with Gasteiger partial charge in [0.05, 0.1) is 0 Å². The molecule has 1 aliphatic rings. The van der Waals surface area contributed by atoms with Crippen LogP contribution in [0.4, 0.5) is 21.9 Å². The number of hydrogen-bond donors (Lipinski definition) is 3. The van der Waals surface area contributed by atoms with E-state index in [1.54, 1.807) is 18.2 Å². The Morgan fingerprint density at radius 3 is 1.95 bits per heavy atom. The summed E-state index contributed by atoms with van der Waals surface area (Å²) >= 11 is 1.43. The van der Waals surface area contributed by atoms with Gasteiger partial charge in [-0.3, -0.25) is 4.79 Å². The van der Waals surface area contributed by atoms with Gasteiger partial charge in [-0.25, -0.2) is 4.79 Å². The van der Waals surface area contributed by atoms with Gasteiger partial charge < -0.3 is 25.4 Å². The molecule has 0 saturated heterocycles. The summed E-state index contributed by atoms with van der Waals surface area (Å²) in [6, 6.07) is 31.3. The van der Waals surface area contributed by atoms with Crippen molar-refractivity contribution < 1.29 is 19.1 Å². The highest BCUT2D eigenvalue weighted by Gasteiger charge is 2.23. The zero-order chi connectivity index (χ0) is 25.5. The van der Waals surface area contributed by atoms with Crippen LogP contribution in [0.1, 0.15) is 10.8 Å². The van der Waals surface area contributed by atoms with Gasteiger partial charge in [-0.2, -0.15) is 0 Å². The van der Waals surface area contributed by atoms with Crippen molar-refractivity contribution in [1.82, 2.24) is 0 Å². The summed E-state index contributed by atoms with van der Waals surface area (Å²) in [5.74, 6) is 1.13. The number of benzene rings is 4. The fraction of sp³-hybridized carbons (Fsp3) is 0.103. The second-order valence-electron chi connectivity index (χ2n) is 8.23. The zero-order valence-electron chi connectivity index (χ0n) is 19.8. The Balaban J connectivity index is 1.27. The van der Waals surface area contributed by atoms with Gasteiger partial charge in [0, 0.05) is 28.0 Å². The molecule has 1 heterocycles. The van der Waals surface area contributed by atoms with E-state index >= 15 is 0 Å². The molecule has 37 heavy (non-hydrogen) atoms. The quantitative estimate of drug-likeness (QED) is 0.244. The molecule has 5 rings (SSSR count). The Labute approximate surface area is 219 Å². The zero-order valence-corrected chi connectivity index (χ0v) is 20.7. The van der Waals surface area contributed by atoms with Gasteiger partial charge in [-0.05, 0) is 54.1 Å². The van der Waals surface area contributed by atoms with Crippen molar-refractivity contribution in [3.8, 4) is 11.5 Å². The van der Waals surface area contributed by atoms with Crippen LogP contribution in [0.5, 0.6) is 11.5 Å². The molecular formula is C29H25N3O4S. The Kier molecular flexibility index (Phi) is 7.57. The molecule has 7 nitrogen and oxygen atoms in total. The minimum Gasteiger partial charge on any atom is -0.486 e. The van der Waals surface area contributed by atoms with E-state index in [0.717, 1.165) is 10.5 Å². The maximum atomic E-state index is 13.4. The van der Waals surface area contributed by atoms with E-state index in [4.69, 9.17) is 9.47 Å². The van der Waals surface area contributed by atoms with Crippen LogP contribution in [-0.4, -0.2) is 25.2 Å². The molecule has 0 aromatic heterocycles. The van der Waals surface area contributed by atoms with Crippen molar-refractivity contribution in [2.45, 2.75) is 10.1 Å². The average molecular weight is 512 g/mol. The summed E-state index contributed by atoms with van der Waals surface area (Å²) in [4.78, 5) is 26.6. The Morgan fingerprint density at radius 2 is 1.24 bits per heavy atom. The van der Waals surface area contributed by atoms with E-state index in [2.05, 4.69) is 16.0 Å². The van der Waals surface area contributed by atoms with Crippen molar-refractivity contribution in [2.24, 2.45) is 0 Å². The topological polar surface area (TPSA) is 88.7 Å². The van der Waals surface area contributed by atoms with Gasteiger partial charge in [0.1, 0.15) is 18.5 Å². The molecule has 3 amide bonds. The smallest absolute Gasteiger partial charge is 0.323 e. The highest BCUT2D eigenvalue weighted by atomic mass is 32.2. The number of amides is 3. The predicted molar refractivity (Wildman–Crippen MR) is 147 cm³/mol. The first-order valence-electron chi connectivity index (χ1n) is 11.8. The van der Waals surface area contributed by atoms with Gasteiger partial charge in [0.15, 0.2) is 11.5 Å². The summed E-state index contributed by atoms with van der Waals surface area (Å²) in [7, 11) is 0. The van der Waals surface area contributed by atoms with Crippen LogP contribution in [0, 0.1) is 0 Å². The highest BCUT2D eigenvalue weighted by Crippen LogP contribution is 2.38. The van der Waals surface area contributed by atoms with E-state index in [1.807, 2.05) is 84.9 Å². The van der Waals surface area contributed by atoms with Crippen molar-refractivity contribution in [2.75, 3.05) is 29.2 Å². The maximum Gasteiger partial charge on any atom is 0.323 e. The SMILES string of the molecule is O=C(Nc1ccccc1)Nc1ccc(SC(C(=O)Nc2ccc3c(c2)OCCO3)c2ccccc2)cc1. The van der Waals surface area contributed by atoms with Gasteiger partial charge in [-0.1, -0.05) is 48.5 Å². The Hall–Kier alpha value is -4.43. The number of thioether (sulfide) groups is 1. The molecule has 3 N–H and O–H groups in total. The van der Waals surface area contributed by atoms with Crippen molar-refractivity contribution >= 4 is 40.8 Å². The first-order valence-corrected chi connectivity index (χ1v) is 12.7. The first kappa shape index (κ1) is 24.3. The molecule has 1 atom stereocenters. The summed E-state index contributed by atoms with van der Waals surface area (Å²) in [5.41, 5.74) is 2.88. The average Bonchev–Trinajstić information content (AvgIpc) is 2.93. The van der Waals surface area contributed by atoms with Crippen LogP contribution < -0.4 is 25.4 Å². The van der Waals surface area contributed by atoms with E-state index in [1.165, 1.54) is 11.8 Å². The number of rotatable bonds is 7. The van der Waals surface area contributed by atoms with Crippen molar-refractivity contribution in [1.29, 1.82) is 0 Å². The predicted octanol–water partition coefficient (Wildman–Crippen LogP) is 6.57. The summed E-state index contributed by atoms with van der Waals surface area (Å²) in [6.45, 7) is 0.989. The first-order chi connectivity index (χ1) is 18.1. The largest absolute Gasteiger partial charge is 0.486 e. The second-order valence-corrected chi connectivity index (χ2v) is 9.40. The van der Waals surface area contributed by atoms with Crippen molar-refractivity contribution in [3.63, 3.8) is 0 Å². The Morgan fingerprint density at radius 1 is 0.649 bits per heavy atom. The lowest BCUT2D eigenvalue weighted by Gasteiger charge is -2.20. The number of anilines is 3. The van der Waals surface area contributed by atoms with Gasteiger partial charge >= 0.3 is 6.03 Å². The molecule has 0 spiro atoms. The normalized spacial score (nSPS) is 12.8. The monoisotopic (exact) mass is 511 g/mol. The molecule has 4 aromatic rings. The van der Waals surface area contributed by atoms with Gasteiger partial charge in [0.2, 0.25) is 5.91 Å². The minimum absolute atomic E-state index is 0.155. The Bertz CT molecular complexity index is 1370.